The molecule has 0 aromatic heterocycles. The summed E-state index contributed by atoms with van der Waals surface area (Å²) in [5.74, 6) is -1.55. The van der Waals surface area contributed by atoms with Gasteiger partial charge in [0.1, 0.15) is 0 Å². The van der Waals surface area contributed by atoms with E-state index in [4.69, 9.17) is 9.47 Å². The average molecular weight is 340 g/mol. The molecule has 130 valence electrons. The summed E-state index contributed by atoms with van der Waals surface area (Å²) >= 11 is 0. The molecule has 0 heterocycles. The molecule has 0 aliphatic rings. The van der Waals surface area contributed by atoms with Gasteiger partial charge < -0.3 is 9.47 Å². The van der Waals surface area contributed by atoms with Gasteiger partial charge in [0.25, 0.3) is 0 Å². The highest BCUT2D eigenvalue weighted by molar-refractivity contribution is 5.96. The van der Waals surface area contributed by atoms with Crippen molar-refractivity contribution in [1.29, 1.82) is 0 Å². The zero-order chi connectivity index (χ0) is 18.1. The largest absolute Gasteiger partial charge is 0.462 e. The Morgan fingerprint density at radius 3 is 2.32 bits per heavy atom. The van der Waals surface area contributed by atoms with E-state index in [9.17, 15) is 14.4 Å². The fourth-order valence-electron chi connectivity index (χ4n) is 2.19. The minimum atomic E-state index is -0.649. The summed E-state index contributed by atoms with van der Waals surface area (Å²) in [7, 11) is 0. The van der Waals surface area contributed by atoms with Crippen LogP contribution in [0.1, 0.15) is 46.0 Å². The Balaban J connectivity index is 1.81. The summed E-state index contributed by atoms with van der Waals surface area (Å²) in [5, 5.41) is 0. The van der Waals surface area contributed by atoms with Gasteiger partial charge in [-0.3, -0.25) is 4.79 Å². The molecule has 0 saturated heterocycles. The van der Waals surface area contributed by atoms with Crippen LogP contribution in [-0.4, -0.2) is 24.5 Å². The Hall–Kier alpha value is -2.95. The fraction of sp³-hybridized carbons (Fsp3) is 0.250. The van der Waals surface area contributed by atoms with Gasteiger partial charge in [-0.25, -0.2) is 9.59 Å². The molecule has 0 aliphatic heterocycles. The van der Waals surface area contributed by atoms with E-state index in [0.717, 1.165) is 5.56 Å². The van der Waals surface area contributed by atoms with E-state index in [0.29, 0.717) is 24.0 Å². The molecule has 0 fully saturated rings. The van der Waals surface area contributed by atoms with E-state index >= 15 is 0 Å². The third kappa shape index (κ3) is 5.88. The van der Waals surface area contributed by atoms with Gasteiger partial charge in [-0.05, 0) is 42.7 Å². The first-order valence-corrected chi connectivity index (χ1v) is 8.16. The second kappa shape index (κ2) is 9.37. The summed E-state index contributed by atoms with van der Waals surface area (Å²) in [6.07, 6.45) is 1.42. The van der Waals surface area contributed by atoms with Gasteiger partial charge in [-0.15, -0.1) is 0 Å². The zero-order valence-corrected chi connectivity index (χ0v) is 14.1. The number of hydrogen-bond donors (Lipinski definition) is 0. The number of hydrogen-bond acceptors (Lipinski definition) is 5. The standard InChI is InChI=1S/C20H20O5/c1-2-18(21)25-20(23)17-12-6-8-15(14-17)9-7-13-24-19(22)16-10-4-3-5-11-16/h3-6,8,10-12,14H,2,7,9,13H2,1H3. The van der Waals surface area contributed by atoms with Crippen molar-refractivity contribution >= 4 is 17.9 Å². The van der Waals surface area contributed by atoms with E-state index in [1.54, 1.807) is 49.4 Å². The molecule has 2 aromatic carbocycles. The maximum Gasteiger partial charge on any atom is 0.345 e. The van der Waals surface area contributed by atoms with Crippen molar-refractivity contribution in [3.8, 4) is 0 Å². The summed E-state index contributed by atoms with van der Waals surface area (Å²) in [4.78, 5) is 34.8. The lowest BCUT2D eigenvalue weighted by atomic mass is 10.1. The molecule has 2 aromatic rings. The minimum Gasteiger partial charge on any atom is -0.462 e. The fourth-order valence-corrected chi connectivity index (χ4v) is 2.19. The third-order valence-electron chi connectivity index (χ3n) is 3.51. The van der Waals surface area contributed by atoms with Crippen molar-refractivity contribution in [2.45, 2.75) is 26.2 Å². The summed E-state index contributed by atoms with van der Waals surface area (Å²) in [6.45, 7) is 1.92. The van der Waals surface area contributed by atoms with Crippen molar-refractivity contribution < 1.29 is 23.9 Å². The van der Waals surface area contributed by atoms with E-state index < -0.39 is 11.9 Å². The van der Waals surface area contributed by atoms with E-state index in [1.807, 2.05) is 12.1 Å². The maximum absolute atomic E-state index is 11.8. The Kier molecular flexibility index (Phi) is 6.89. The van der Waals surface area contributed by atoms with Crippen molar-refractivity contribution in [3.63, 3.8) is 0 Å². The van der Waals surface area contributed by atoms with Gasteiger partial charge in [0.15, 0.2) is 0 Å². The molecule has 5 heteroatoms. The van der Waals surface area contributed by atoms with Crippen LogP contribution in [0.3, 0.4) is 0 Å². The van der Waals surface area contributed by atoms with Crippen LogP contribution >= 0.6 is 0 Å². The van der Waals surface area contributed by atoms with E-state index in [1.165, 1.54) is 0 Å². The number of aryl methyl sites for hydroxylation is 1. The smallest absolute Gasteiger partial charge is 0.345 e. The molecular formula is C20H20O5. The van der Waals surface area contributed by atoms with Gasteiger partial charge in [-0.1, -0.05) is 37.3 Å². The van der Waals surface area contributed by atoms with Crippen molar-refractivity contribution in [2.75, 3.05) is 6.61 Å². The summed E-state index contributed by atoms with van der Waals surface area (Å²) < 4.78 is 9.92. The molecule has 0 saturated carbocycles. The second-order valence-electron chi connectivity index (χ2n) is 5.42. The number of rotatable bonds is 7. The summed E-state index contributed by atoms with van der Waals surface area (Å²) in [5.41, 5.74) is 1.77. The van der Waals surface area contributed by atoms with Crippen LogP contribution < -0.4 is 0 Å². The van der Waals surface area contributed by atoms with Gasteiger partial charge in [-0.2, -0.15) is 0 Å². The van der Waals surface area contributed by atoms with Crippen LogP contribution in [0.15, 0.2) is 54.6 Å². The van der Waals surface area contributed by atoms with Crippen LogP contribution in [0.25, 0.3) is 0 Å². The lowest BCUT2D eigenvalue weighted by Crippen LogP contribution is -2.11. The molecule has 0 atom stereocenters. The predicted molar refractivity (Wildman–Crippen MR) is 92.2 cm³/mol. The van der Waals surface area contributed by atoms with Gasteiger partial charge in [0.05, 0.1) is 17.7 Å². The lowest BCUT2D eigenvalue weighted by molar-refractivity contribution is -0.137. The van der Waals surface area contributed by atoms with Crippen molar-refractivity contribution in [2.24, 2.45) is 0 Å². The second-order valence-corrected chi connectivity index (χ2v) is 5.42. The lowest BCUT2D eigenvalue weighted by Gasteiger charge is -2.06. The SMILES string of the molecule is CCC(=O)OC(=O)c1cccc(CCCOC(=O)c2ccccc2)c1. The minimum absolute atomic E-state index is 0.151. The zero-order valence-electron chi connectivity index (χ0n) is 14.1. The molecule has 0 amide bonds. The Bertz CT molecular complexity index is 737. The monoisotopic (exact) mass is 340 g/mol. The summed E-state index contributed by atoms with van der Waals surface area (Å²) in [6, 6.07) is 15.7. The average Bonchev–Trinajstić information content (AvgIpc) is 2.65. The first-order valence-electron chi connectivity index (χ1n) is 8.16. The molecule has 0 spiro atoms. The van der Waals surface area contributed by atoms with Gasteiger partial charge >= 0.3 is 17.9 Å². The maximum atomic E-state index is 11.8. The Labute approximate surface area is 146 Å². The molecule has 2 rings (SSSR count). The van der Waals surface area contributed by atoms with Crippen LogP contribution in [0.5, 0.6) is 0 Å². The predicted octanol–water partition coefficient (Wildman–Crippen LogP) is 3.57. The van der Waals surface area contributed by atoms with Crippen LogP contribution in [0.2, 0.25) is 0 Å². The first kappa shape index (κ1) is 18.4. The number of ether oxygens (including phenoxy) is 2. The highest BCUT2D eigenvalue weighted by Gasteiger charge is 2.12. The number of benzene rings is 2. The van der Waals surface area contributed by atoms with Crippen LogP contribution in [-0.2, 0) is 20.7 Å². The Morgan fingerprint density at radius 1 is 0.880 bits per heavy atom. The number of carbonyl (C=O) groups is 3. The van der Waals surface area contributed by atoms with Crippen LogP contribution in [0, 0.1) is 0 Å². The quantitative estimate of drug-likeness (QED) is 0.438. The highest BCUT2D eigenvalue weighted by Crippen LogP contribution is 2.10. The van der Waals surface area contributed by atoms with E-state index in [2.05, 4.69) is 0 Å². The van der Waals surface area contributed by atoms with Crippen molar-refractivity contribution in [1.82, 2.24) is 0 Å². The molecule has 0 N–H and O–H groups in total. The molecular weight excluding hydrogens is 320 g/mol. The third-order valence-corrected chi connectivity index (χ3v) is 3.51. The molecule has 0 bridgehead atoms. The highest BCUT2D eigenvalue weighted by atomic mass is 16.6. The molecule has 5 nitrogen and oxygen atoms in total. The molecule has 0 radical (unpaired) electrons. The van der Waals surface area contributed by atoms with Gasteiger partial charge in [0, 0.05) is 6.42 Å². The van der Waals surface area contributed by atoms with Crippen LogP contribution in [0.4, 0.5) is 0 Å². The number of carbonyl (C=O) groups excluding carboxylic acids is 3. The first-order chi connectivity index (χ1) is 12.1. The van der Waals surface area contributed by atoms with E-state index in [-0.39, 0.29) is 19.0 Å². The molecule has 0 aliphatic carbocycles. The molecule has 25 heavy (non-hydrogen) atoms. The van der Waals surface area contributed by atoms with Gasteiger partial charge in [0.2, 0.25) is 0 Å². The number of esters is 3. The topological polar surface area (TPSA) is 69.7 Å². The molecule has 0 unspecified atom stereocenters. The normalized spacial score (nSPS) is 10.1. The Morgan fingerprint density at radius 2 is 1.60 bits per heavy atom. The van der Waals surface area contributed by atoms with Crippen molar-refractivity contribution in [3.05, 3.63) is 71.3 Å².